The molecule has 0 amide bonds. The maximum Gasteiger partial charge on any atom is 0.361 e. The number of ketones is 1. The normalized spacial score (nSPS) is 11.6. The van der Waals surface area contributed by atoms with Crippen molar-refractivity contribution in [1.82, 2.24) is 4.57 Å². The SMILES string of the molecule is CCOC(=O)/C(=N\OC(C)=O)c1ccc2c(c1)c1cc(C(=O)c3ccccc3)ccc1n2CC. The Morgan fingerprint density at radius 3 is 2.03 bits per heavy atom. The molecule has 0 aliphatic rings. The monoisotopic (exact) mass is 456 g/mol. The molecule has 0 atom stereocenters. The van der Waals surface area contributed by atoms with Gasteiger partial charge in [0.15, 0.2) is 11.5 Å². The summed E-state index contributed by atoms with van der Waals surface area (Å²) in [5.74, 6) is -1.41. The largest absolute Gasteiger partial charge is 0.461 e. The summed E-state index contributed by atoms with van der Waals surface area (Å²) in [6, 6.07) is 20.2. The third-order valence-corrected chi connectivity index (χ3v) is 5.49. The van der Waals surface area contributed by atoms with Crippen LogP contribution < -0.4 is 0 Å². The molecule has 7 nitrogen and oxygen atoms in total. The highest BCUT2D eigenvalue weighted by atomic mass is 16.7. The molecular weight excluding hydrogens is 432 g/mol. The van der Waals surface area contributed by atoms with Crippen molar-refractivity contribution in [3.63, 3.8) is 0 Å². The fourth-order valence-electron chi connectivity index (χ4n) is 4.01. The second-order valence-corrected chi connectivity index (χ2v) is 7.65. The van der Waals surface area contributed by atoms with Gasteiger partial charge in [-0.2, -0.15) is 0 Å². The lowest BCUT2D eigenvalue weighted by Crippen LogP contribution is -2.19. The molecule has 0 N–H and O–H groups in total. The van der Waals surface area contributed by atoms with Gasteiger partial charge in [0.1, 0.15) is 0 Å². The van der Waals surface area contributed by atoms with E-state index in [-0.39, 0.29) is 18.1 Å². The number of oxime groups is 1. The van der Waals surface area contributed by atoms with E-state index in [1.165, 1.54) is 6.92 Å². The first-order valence-corrected chi connectivity index (χ1v) is 11.0. The quantitative estimate of drug-likeness (QED) is 0.130. The molecule has 34 heavy (non-hydrogen) atoms. The topological polar surface area (TPSA) is 87.0 Å². The van der Waals surface area contributed by atoms with E-state index in [1.807, 2.05) is 49.4 Å². The smallest absolute Gasteiger partial charge is 0.361 e. The van der Waals surface area contributed by atoms with Gasteiger partial charge in [-0.3, -0.25) is 4.79 Å². The Bertz CT molecular complexity index is 1430. The van der Waals surface area contributed by atoms with Gasteiger partial charge in [0.25, 0.3) is 0 Å². The van der Waals surface area contributed by atoms with Crippen molar-refractivity contribution in [2.45, 2.75) is 27.3 Å². The Balaban J connectivity index is 1.90. The van der Waals surface area contributed by atoms with Crippen LogP contribution in [0, 0.1) is 0 Å². The van der Waals surface area contributed by atoms with Crippen molar-refractivity contribution < 1.29 is 24.0 Å². The van der Waals surface area contributed by atoms with Crippen LogP contribution >= 0.6 is 0 Å². The molecule has 3 aromatic carbocycles. The number of aryl methyl sites for hydroxylation is 1. The van der Waals surface area contributed by atoms with Gasteiger partial charge in [-0.25, -0.2) is 9.59 Å². The first-order valence-electron chi connectivity index (χ1n) is 11.0. The number of aromatic nitrogens is 1. The molecule has 0 fully saturated rings. The molecule has 0 saturated heterocycles. The predicted molar refractivity (Wildman–Crippen MR) is 130 cm³/mol. The minimum Gasteiger partial charge on any atom is -0.461 e. The molecular formula is C27H24N2O5. The second-order valence-electron chi connectivity index (χ2n) is 7.65. The van der Waals surface area contributed by atoms with E-state index in [2.05, 4.69) is 9.72 Å². The van der Waals surface area contributed by atoms with E-state index >= 15 is 0 Å². The van der Waals surface area contributed by atoms with Crippen LogP contribution in [0.15, 0.2) is 71.9 Å². The number of rotatable bonds is 7. The van der Waals surface area contributed by atoms with Gasteiger partial charge in [0.2, 0.25) is 0 Å². The van der Waals surface area contributed by atoms with E-state index in [4.69, 9.17) is 9.57 Å². The van der Waals surface area contributed by atoms with Gasteiger partial charge in [0.05, 0.1) is 6.61 Å². The zero-order chi connectivity index (χ0) is 24.2. The summed E-state index contributed by atoms with van der Waals surface area (Å²) in [7, 11) is 0. The number of nitrogens with zero attached hydrogens (tertiary/aromatic N) is 2. The number of ether oxygens (including phenoxy) is 1. The molecule has 0 aliphatic carbocycles. The zero-order valence-corrected chi connectivity index (χ0v) is 19.2. The minimum absolute atomic E-state index is 0.0697. The maximum atomic E-state index is 13.1. The minimum atomic E-state index is -0.692. The molecule has 1 aromatic heterocycles. The van der Waals surface area contributed by atoms with E-state index in [0.29, 0.717) is 16.7 Å². The Hall–Kier alpha value is -4.26. The Labute approximate surface area is 196 Å². The van der Waals surface area contributed by atoms with Gasteiger partial charge < -0.3 is 14.1 Å². The number of hydrogen-bond acceptors (Lipinski definition) is 6. The van der Waals surface area contributed by atoms with Crippen molar-refractivity contribution in [3.05, 3.63) is 83.4 Å². The average molecular weight is 456 g/mol. The van der Waals surface area contributed by atoms with Gasteiger partial charge in [-0.05, 0) is 44.2 Å². The molecule has 4 rings (SSSR count). The number of benzene rings is 3. The molecule has 172 valence electrons. The van der Waals surface area contributed by atoms with Crippen LogP contribution in [-0.4, -0.2) is 34.6 Å². The van der Waals surface area contributed by atoms with Crippen molar-refractivity contribution in [2.75, 3.05) is 6.61 Å². The van der Waals surface area contributed by atoms with Crippen LogP contribution in [0.4, 0.5) is 0 Å². The van der Waals surface area contributed by atoms with Crippen LogP contribution in [0.3, 0.4) is 0 Å². The average Bonchev–Trinajstić information content (AvgIpc) is 3.16. The Morgan fingerprint density at radius 2 is 1.44 bits per heavy atom. The van der Waals surface area contributed by atoms with Gasteiger partial charge >= 0.3 is 11.9 Å². The summed E-state index contributed by atoms with van der Waals surface area (Å²) in [4.78, 5) is 41.6. The molecule has 0 radical (unpaired) electrons. The summed E-state index contributed by atoms with van der Waals surface area (Å²) in [6.07, 6.45) is 0. The highest BCUT2D eigenvalue weighted by Gasteiger charge is 2.20. The number of hydrogen-bond donors (Lipinski definition) is 0. The number of carbonyl (C=O) groups excluding carboxylic acids is 3. The number of carbonyl (C=O) groups is 3. The van der Waals surface area contributed by atoms with Gasteiger partial charge in [-0.15, -0.1) is 0 Å². The molecule has 4 aromatic rings. The molecule has 0 aliphatic heterocycles. The Kier molecular flexibility index (Phi) is 6.54. The second kappa shape index (κ2) is 9.70. The molecule has 0 bridgehead atoms. The van der Waals surface area contributed by atoms with Gasteiger partial charge in [0, 0.05) is 52.0 Å². The molecule has 1 heterocycles. The number of fused-ring (bicyclic) bond motifs is 3. The van der Waals surface area contributed by atoms with E-state index in [9.17, 15) is 14.4 Å². The highest BCUT2D eigenvalue weighted by Crippen LogP contribution is 2.31. The lowest BCUT2D eigenvalue weighted by Gasteiger charge is -2.07. The molecule has 0 unspecified atom stereocenters. The molecule has 7 heteroatoms. The molecule has 0 saturated carbocycles. The van der Waals surface area contributed by atoms with Crippen molar-refractivity contribution in [1.29, 1.82) is 0 Å². The fourth-order valence-corrected chi connectivity index (χ4v) is 4.01. The van der Waals surface area contributed by atoms with Crippen molar-refractivity contribution >= 4 is 45.2 Å². The highest BCUT2D eigenvalue weighted by molar-refractivity contribution is 6.43. The van der Waals surface area contributed by atoms with Crippen LogP contribution in [-0.2, 0) is 25.7 Å². The van der Waals surface area contributed by atoms with E-state index in [1.54, 1.807) is 31.2 Å². The van der Waals surface area contributed by atoms with Crippen LogP contribution in [0.25, 0.3) is 21.8 Å². The van der Waals surface area contributed by atoms with Crippen LogP contribution in [0.5, 0.6) is 0 Å². The third kappa shape index (κ3) is 4.32. The van der Waals surface area contributed by atoms with E-state index in [0.717, 1.165) is 28.4 Å². The predicted octanol–water partition coefficient (Wildman–Crippen LogP) is 4.88. The summed E-state index contributed by atoms with van der Waals surface area (Å²) < 4.78 is 7.24. The fraction of sp³-hybridized carbons (Fsp3) is 0.185. The van der Waals surface area contributed by atoms with Gasteiger partial charge in [-0.1, -0.05) is 41.6 Å². The van der Waals surface area contributed by atoms with Crippen LogP contribution in [0.2, 0.25) is 0 Å². The van der Waals surface area contributed by atoms with Crippen molar-refractivity contribution in [3.8, 4) is 0 Å². The number of esters is 1. The third-order valence-electron chi connectivity index (χ3n) is 5.49. The lowest BCUT2D eigenvalue weighted by molar-refractivity contribution is -0.141. The summed E-state index contributed by atoms with van der Waals surface area (Å²) in [6.45, 7) is 5.81. The molecule has 0 spiro atoms. The summed E-state index contributed by atoms with van der Waals surface area (Å²) in [5.41, 5.74) is 3.43. The zero-order valence-electron chi connectivity index (χ0n) is 19.2. The Morgan fingerprint density at radius 1 is 0.824 bits per heavy atom. The van der Waals surface area contributed by atoms with E-state index < -0.39 is 11.9 Å². The standard InChI is InChI=1S/C27H24N2O5/c1-4-29-23-13-11-19(25(27(32)33-5-2)28-34-17(3)30)15-21(23)22-16-20(12-14-24(22)29)26(31)18-9-7-6-8-10-18/h6-16H,4-5H2,1-3H3/b28-25-. The summed E-state index contributed by atoms with van der Waals surface area (Å²) in [5, 5.41) is 5.46. The van der Waals surface area contributed by atoms with Crippen molar-refractivity contribution in [2.24, 2.45) is 5.16 Å². The first kappa shape index (κ1) is 22.9. The lowest BCUT2D eigenvalue weighted by atomic mass is 10.0. The first-order chi connectivity index (χ1) is 16.4. The summed E-state index contributed by atoms with van der Waals surface area (Å²) >= 11 is 0. The van der Waals surface area contributed by atoms with Crippen LogP contribution in [0.1, 0.15) is 42.3 Å². The maximum absolute atomic E-state index is 13.1.